The third kappa shape index (κ3) is 2.62. The summed E-state index contributed by atoms with van der Waals surface area (Å²) in [6.07, 6.45) is 4.31. The number of hydrogen-bond donors (Lipinski definition) is 2. The van der Waals surface area contributed by atoms with Gasteiger partial charge in [0, 0.05) is 18.2 Å². The average Bonchev–Trinajstić information content (AvgIpc) is 2.69. The predicted molar refractivity (Wildman–Crippen MR) is 63.5 cm³/mol. The van der Waals surface area contributed by atoms with E-state index in [0.717, 1.165) is 44.8 Å². The van der Waals surface area contributed by atoms with E-state index in [1.54, 1.807) is 0 Å². The Morgan fingerprint density at radius 2 is 2.44 bits per heavy atom. The van der Waals surface area contributed by atoms with E-state index < -0.39 is 0 Å². The van der Waals surface area contributed by atoms with Crippen LogP contribution in [0.5, 0.6) is 0 Å². The molecular formula is C12H21N3O. The normalized spacial score (nSPS) is 21.2. The molecule has 1 aromatic heterocycles. The van der Waals surface area contributed by atoms with Crippen LogP contribution in [-0.2, 0) is 11.2 Å². The third-order valence-corrected chi connectivity index (χ3v) is 3.17. The first-order valence-electron chi connectivity index (χ1n) is 6.14. The highest BCUT2D eigenvalue weighted by Gasteiger charge is 2.20. The molecule has 90 valence electrons. The summed E-state index contributed by atoms with van der Waals surface area (Å²) >= 11 is 0. The molecule has 1 atom stereocenters. The molecule has 1 saturated heterocycles. The highest BCUT2D eigenvalue weighted by atomic mass is 16.5. The summed E-state index contributed by atoms with van der Waals surface area (Å²) in [6, 6.07) is 0. The molecule has 1 fully saturated rings. The largest absolute Gasteiger partial charge is 0.381 e. The first-order chi connectivity index (χ1) is 7.81. The molecule has 1 unspecified atom stereocenters. The van der Waals surface area contributed by atoms with Gasteiger partial charge >= 0.3 is 0 Å². The van der Waals surface area contributed by atoms with Crippen molar-refractivity contribution < 1.29 is 4.74 Å². The molecule has 0 saturated carbocycles. The van der Waals surface area contributed by atoms with Crippen LogP contribution in [0.2, 0.25) is 0 Å². The molecule has 1 aliphatic heterocycles. The monoisotopic (exact) mass is 223 g/mol. The zero-order valence-corrected chi connectivity index (χ0v) is 9.96. The fraction of sp³-hybridized carbons (Fsp3) is 0.750. The molecule has 2 rings (SSSR count). The van der Waals surface area contributed by atoms with Crippen LogP contribution in [0.1, 0.15) is 42.4 Å². The van der Waals surface area contributed by atoms with Crippen molar-refractivity contribution in [2.75, 3.05) is 19.8 Å². The van der Waals surface area contributed by atoms with Crippen LogP contribution >= 0.6 is 0 Å². The van der Waals surface area contributed by atoms with Gasteiger partial charge in [-0.15, -0.1) is 0 Å². The highest BCUT2D eigenvalue weighted by molar-refractivity contribution is 5.15. The summed E-state index contributed by atoms with van der Waals surface area (Å²) in [5, 5.41) is 0. The lowest BCUT2D eigenvalue weighted by molar-refractivity contribution is 0.0782. The molecule has 4 heteroatoms. The number of nitrogens with zero attached hydrogens (tertiary/aromatic N) is 1. The fourth-order valence-corrected chi connectivity index (χ4v) is 2.18. The minimum atomic E-state index is 0.457. The van der Waals surface area contributed by atoms with Crippen LogP contribution in [0.25, 0.3) is 0 Å². The van der Waals surface area contributed by atoms with E-state index in [2.05, 4.69) is 16.9 Å². The van der Waals surface area contributed by atoms with Crippen molar-refractivity contribution in [1.82, 2.24) is 9.97 Å². The molecule has 0 spiro atoms. The first kappa shape index (κ1) is 11.6. The van der Waals surface area contributed by atoms with Crippen molar-refractivity contribution in [1.29, 1.82) is 0 Å². The Morgan fingerprint density at radius 3 is 3.12 bits per heavy atom. The molecule has 3 N–H and O–H groups in total. The van der Waals surface area contributed by atoms with E-state index in [-0.39, 0.29) is 0 Å². The van der Waals surface area contributed by atoms with Gasteiger partial charge in [0.2, 0.25) is 0 Å². The lowest BCUT2D eigenvalue weighted by Gasteiger charge is -2.19. The Morgan fingerprint density at radius 1 is 1.56 bits per heavy atom. The number of nitrogens with two attached hydrogens (primary N) is 1. The van der Waals surface area contributed by atoms with Gasteiger partial charge in [0.25, 0.3) is 0 Å². The number of rotatable bonds is 4. The number of nitrogens with one attached hydrogen (secondary N) is 1. The highest BCUT2D eigenvalue weighted by Crippen LogP contribution is 2.24. The van der Waals surface area contributed by atoms with Crippen LogP contribution in [0.3, 0.4) is 0 Å². The predicted octanol–water partition coefficient (Wildman–Crippen LogP) is 1.50. The van der Waals surface area contributed by atoms with Crippen LogP contribution in [0, 0.1) is 6.92 Å². The Hall–Kier alpha value is -0.870. The second kappa shape index (κ2) is 5.46. The summed E-state index contributed by atoms with van der Waals surface area (Å²) in [6.45, 7) is 4.53. The smallest absolute Gasteiger partial charge is 0.112 e. The maximum atomic E-state index is 5.52. The molecule has 0 amide bonds. The Bertz CT molecular complexity index is 329. The molecule has 0 radical (unpaired) electrons. The van der Waals surface area contributed by atoms with Crippen molar-refractivity contribution in [2.45, 2.75) is 38.5 Å². The van der Waals surface area contributed by atoms with Crippen molar-refractivity contribution in [3.05, 3.63) is 17.2 Å². The van der Waals surface area contributed by atoms with Gasteiger partial charge in [-0.25, -0.2) is 4.98 Å². The molecule has 4 nitrogen and oxygen atoms in total. The van der Waals surface area contributed by atoms with Gasteiger partial charge in [-0.1, -0.05) is 0 Å². The van der Waals surface area contributed by atoms with Gasteiger partial charge in [-0.3, -0.25) is 0 Å². The first-order valence-corrected chi connectivity index (χ1v) is 6.14. The minimum absolute atomic E-state index is 0.457. The van der Waals surface area contributed by atoms with Crippen molar-refractivity contribution in [3.63, 3.8) is 0 Å². The summed E-state index contributed by atoms with van der Waals surface area (Å²) in [4.78, 5) is 8.07. The topological polar surface area (TPSA) is 63.9 Å². The Balaban J connectivity index is 2.03. The van der Waals surface area contributed by atoms with Crippen LogP contribution in [0.15, 0.2) is 0 Å². The van der Waals surface area contributed by atoms with Crippen LogP contribution in [0.4, 0.5) is 0 Å². The number of aromatic amines is 1. The van der Waals surface area contributed by atoms with E-state index in [1.807, 2.05) is 0 Å². The second-order valence-corrected chi connectivity index (χ2v) is 4.50. The van der Waals surface area contributed by atoms with Crippen molar-refractivity contribution >= 4 is 0 Å². The molecule has 1 aromatic rings. The van der Waals surface area contributed by atoms with Crippen LogP contribution in [-0.4, -0.2) is 29.7 Å². The summed E-state index contributed by atoms with van der Waals surface area (Å²) in [5.41, 5.74) is 7.88. The standard InChI is InChI=1S/C12H21N3O/c1-9-11(5-2-6-13)15-12(14-9)10-4-3-7-16-8-10/h10H,2-8,13H2,1H3,(H,14,15). The second-order valence-electron chi connectivity index (χ2n) is 4.50. The van der Waals surface area contributed by atoms with Gasteiger partial charge < -0.3 is 15.5 Å². The van der Waals surface area contributed by atoms with Crippen LogP contribution < -0.4 is 5.73 Å². The Kier molecular flexibility index (Phi) is 3.96. The average molecular weight is 223 g/mol. The number of H-pyrrole nitrogens is 1. The molecule has 0 aliphatic carbocycles. The summed E-state index contributed by atoms with van der Waals surface area (Å²) < 4.78 is 5.49. The lowest BCUT2D eigenvalue weighted by Crippen LogP contribution is -2.16. The molecular weight excluding hydrogens is 202 g/mol. The molecule has 1 aliphatic rings. The minimum Gasteiger partial charge on any atom is -0.381 e. The molecule has 16 heavy (non-hydrogen) atoms. The molecule has 2 heterocycles. The molecule has 0 aromatic carbocycles. The number of ether oxygens (including phenoxy) is 1. The number of aryl methyl sites for hydroxylation is 2. The van der Waals surface area contributed by atoms with Gasteiger partial charge in [-0.2, -0.15) is 0 Å². The maximum Gasteiger partial charge on any atom is 0.112 e. The van der Waals surface area contributed by atoms with E-state index in [1.165, 1.54) is 17.8 Å². The van der Waals surface area contributed by atoms with E-state index >= 15 is 0 Å². The Labute approximate surface area is 96.6 Å². The number of aromatic nitrogens is 2. The van der Waals surface area contributed by atoms with Gasteiger partial charge in [0.1, 0.15) is 5.82 Å². The summed E-state index contributed by atoms with van der Waals surface area (Å²) in [7, 11) is 0. The van der Waals surface area contributed by atoms with Gasteiger partial charge in [-0.05, 0) is 39.2 Å². The van der Waals surface area contributed by atoms with Crippen molar-refractivity contribution in [2.24, 2.45) is 5.73 Å². The van der Waals surface area contributed by atoms with E-state index in [4.69, 9.17) is 10.5 Å². The van der Waals surface area contributed by atoms with E-state index in [0.29, 0.717) is 5.92 Å². The quantitative estimate of drug-likeness (QED) is 0.813. The van der Waals surface area contributed by atoms with E-state index in [9.17, 15) is 0 Å². The zero-order chi connectivity index (χ0) is 11.4. The number of imidazole rings is 1. The summed E-state index contributed by atoms with van der Waals surface area (Å²) in [5.74, 6) is 1.56. The van der Waals surface area contributed by atoms with Gasteiger partial charge in [0.05, 0.1) is 12.3 Å². The number of hydrogen-bond acceptors (Lipinski definition) is 3. The zero-order valence-electron chi connectivity index (χ0n) is 9.96. The fourth-order valence-electron chi connectivity index (χ4n) is 2.18. The molecule has 0 bridgehead atoms. The maximum absolute atomic E-state index is 5.52. The van der Waals surface area contributed by atoms with Crippen molar-refractivity contribution in [3.8, 4) is 0 Å². The lowest BCUT2D eigenvalue weighted by atomic mass is 10.0. The van der Waals surface area contributed by atoms with Gasteiger partial charge in [0.15, 0.2) is 0 Å². The third-order valence-electron chi connectivity index (χ3n) is 3.17. The SMILES string of the molecule is Cc1[nH]c(C2CCCOC2)nc1CCCN.